The molecule has 0 saturated heterocycles. The number of hydrogen-bond acceptors (Lipinski definition) is 3. The maximum atomic E-state index is 13.1. The number of carbonyl (C=O) groups is 1. The summed E-state index contributed by atoms with van der Waals surface area (Å²) in [7, 11) is 0. The van der Waals surface area contributed by atoms with Gasteiger partial charge in [-0.1, -0.05) is 6.07 Å². The van der Waals surface area contributed by atoms with Gasteiger partial charge in [-0.2, -0.15) is 17.6 Å². The van der Waals surface area contributed by atoms with Gasteiger partial charge in [-0.15, -0.1) is 0 Å². The number of nitrogens with one attached hydrogen (secondary N) is 1. The van der Waals surface area contributed by atoms with Crippen LogP contribution in [-0.4, -0.2) is 22.6 Å². The molecule has 0 spiro atoms. The molecule has 22 heavy (non-hydrogen) atoms. The van der Waals surface area contributed by atoms with Gasteiger partial charge in [0.05, 0.1) is 0 Å². The van der Waals surface area contributed by atoms with Gasteiger partial charge in [0.15, 0.2) is 0 Å². The normalized spacial score (nSPS) is 12.7. The lowest BCUT2D eigenvalue weighted by atomic mass is 10.2. The fourth-order valence-electron chi connectivity index (χ4n) is 1.26. The van der Waals surface area contributed by atoms with Crippen LogP contribution < -0.4 is 10.1 Å². The minimum Gasteiger partial charge on any atom is -0.444 e. The van der Waals surface area contributed by atoms with Gasteiger partial charge in [-0.05, 0) is 32.9 Å². The van der Waals surface area contributed by atoms with Crippen LogP contribution in [0.15, 0.2) is 24.3 Å². The zero-order chi connectivity index (χ0) is 17.2. The fourth-order valence-corrected chi connectivity index (χ4v) is 1.35. The van der Waals surface area contributed by atoms with Crippen LogP contribution in [0.3, 0.4) is 0 Å². The fraction of sp³-hybridized carbons (Fsp3) is 0.462. The molecular formula is C13H14BrF4NO3. The third-order valence-corrected chi connectivity index (χ3v) is 2.52. The molecule has 0 aliphatic rings. The van der Waals surface area contributed by atoms with Crippen LogP contribution in [0.5, 0.6) is 5.75 Å². The number of alkyl halides is 5. The van der Waals surface area contributed by atoms with Crippen molar-refractivity contribution in [2.75, 3.05) is 5.32 Å². The van der Waals surface area contributed by atoms with E-state index in [9.17, 15) is 22.4 Å². The molecule has 0 bridgehead atoms. The average molecular weight is 388 g/mol. The van der Waals surface area contributed by atoms with Crippen molar-refractivity contribution in [3.63, 3.8) is 0 Å². The second-order valence-electron chi connectivity index (χ2n) is 5.27. The molecule has 0 radical (unpaired) electrons. The minimum absolute atomic E-state index is 0.0560. The highest BCUT2D eigenvalue weighted by Crippen LogP contribution is 2.41. The Bertz CT molecular complexity index is 541. The summed E-state index contributed by atoms with van der Waals surface area (Å²) in [5, 5.41) is 2.28. The van der Waals surface area contributed by atoms with Crippen molar-refractivity contribution >= 4 is 27.7 Å². The summed E-state index contributed by atoms with van der Waals surface area (Å²) in [6, 6.07) is 4.63. The maximum Gasteiger partial charge on any atom is 0.475 e. The minimum atomic E-state index is -4.75. The first-order valence-electron chi connectivity index (χ1n) is 6.04. The summed E-state index contributed by atoms with van der Waals surface area (Å²) in [4.78, 5) is 7.00. The lowest BCUT2D eigenvalue weighted by Crippen LogP contribution is -2.40. The highest BCUT2D eigenvalue weighted by atomic mass is 79.9. The Hall–Kier alpha value is -1.51. The molecule has 0 saturated carbocycles. The van der Waals surface area contributed by atoms with Crippen molar-refractivity contribution in [1.82, 2.24) is 0 Å². The highest BCUT2D eigenvalue weighted by Gasteiger charge is 2.57. The lowest BCUT2D eigenvalue weighted by Gasteiger charge is -2.22. The van der Waals surface area contributed by atoms with Crippen molar-refractivity contribution in [3.05, 3.63) is 24.3 Å². The second-order valence-corrected chi connectivity index (χ2v) is 6.27. The largest absolute Gasteiger partial charge is 0.475 e. The Balaban J connectivity index is 2.81. The Kier molecular flexibility index (Phi) is 5.32. The topological polar surface area (TPSA) is 47.6 Å². The zero-order valence-electron chi connectivity index (χ0n) is 11.9. The number of benzene rings is 1. The van der Waals surface area contributed by atoms with E-state index in [1.807, 2.05) is 0 Å². The number of rotatable bonds is 4. The van der Waals surface area contributed by atoms with Gasteiger partial charge in [0.2, 0.25) is 0 Å². The van der Waals surface area contributed by atoms with Crippen molar-refractivity contribution in [1.29, 1.82) is 0 Å². The summed E-state index contributed by atoms with van der Waals surface area (Å²) < 4.78 is 60.4. The predicted octanol–water partition coefficient (Wildman–Crippen LogP) is 4.99. The molecule has 0 fully saturated rings. The van der Waals surface area contributed by atoms with Crippen LogP contribution in [0, 0.1) is 0 Å². The Morgan fingerprint density at radius 1 is 1.18 bits per heavy atom. The molecule has 0 aromatic heterocycles. The molecule has 0 atom stereocenters. The molecule has 0 heterocycles. The number of halogens is 5. The van der Waals surface area contributed by atoms with Crippen LogP contribution in [0.4, 0.5) is 28.0 Å². The number of anilines is 1. The first-order chi connectivity index (χ1) is 9.80. The quantitative estimate of drug-likeness (QED) is 0.584. The first-order valence-corrected chi connectivity index (χ1v) is 6.83. The first kappa shape index (κ1) is 18.5. The summed E-state index contributed by atoms with van der Waals surface area (Å²) in [6.07, 6.45) is -5.57. The highest BCUT2D eigenvalue weighted by molar-refractivity contribution is 9.10. The molecular weight excluding hydrogens is 374 g/mol. The van der Waals surface area contributed by atoms with E-state index >= 15 is 0 Å². The number of carbonyl (C=O) groups excluding carboxylic acids is 1. The monoisotopic (exact) mass is 387 g/mol. The van der Waals surface area contributed by atoms with Gasteiger partial charge in [0.25, 0.3) is 0 Å². The smallest absolute Gasteiger partial charge is 0.444 e. The van der Waals surface area contributed by atoms with E-state index in [0.29, 0.717) is 0 Å². The summed E-state index contributed by atoms with van der Waals surface area (Å²) in [6.45, 7) is 4.93. The van der Waals surface area contributed by atoms with E-state index in [0.717, 1.165) is 12.1 Å². The molecule has 124 valence electrons. The van der Waals surface area contributed by atoms with Gasteiger partial charge < -0.3 is 9.47 Å². The maximum absolute atomic E-state index is 13.1. The molecule has 1 aromatic carbocycles. The zero-order valence-corrected chi connectivity index (χ0v) is 13.5. The van der Waals surface area contributed by atoms with Crippen LogP contribution in [0.25, 0.3) is 0 Å². The lowest BCUT2D eigenvalue weighted by molar-refractivity contribution is -0.266. The third kappa shape index (κ3) is 5.70. The number of amides is 1. The van der Waals surface area contributed by atoms with E-state index in [1.165, 1.54) is 12.1 Å². The third-order valence-electron chi connectivity index (χ3n) is 2.06. The molecule has 0 unspecified atom stereocenters. The Morgan fingerprint density at radius 2 is 1.77 bits per heavy atom. The summed E-state index contributed by atoms with van der Waals surface area (Å²) in [5.74, 6) is -0.544. The molecule has 9 heteroatoms. The molecule has 0 aliphatic carbocycles. The van der Waals surface area contributed by atoms with E-state index in [1.54, 1.807) is 36.7 Å². The van der Waals surface area contributed by atoms with Crippen LogP contribution in [0.1, 0.15) is 20.8 Å². The summed E-state index contributed by atoms with van der Waals surface area (Å²) >= 11 is 1.55. The second kappa shape index (κ2) is 6.31. The van der Waals surface area contributed by atoms with Crippen LogP contribution >= 0.6 is 15.9 Å². The van der Waals surface area contributed by atoms with Gasteiger partial charge in [-0.25, -0.2) is 4.79 Å². The molecule has 1 aromatic rings. The number of hydrogen-bond donors (Lipinski definition) is 1. The van der Waals surface area contributed by atoms with Gasteiger partial charge in [0.1, 0.15) is 11.4 Å². The molecule has 1 rings (SSSR count). The van der Waals surface area contributed by atoms with Crippen LogP contribution in [-0.2, 0) is 4.74 Å². The van der Waals surface area contributed by atoms with Crippen LogP contribution in [0.2, 0.25) is 0 Å². The van der Waals surface area contributed by atoms with E-state index in [-0.39, 0.29) is 5.69 Å². The van der Waals surface area contributed by atoms with Gasteiger partial charge >= 0.3 is 17.0 Å². The number of ether oxygens (including phenoxy) is 2. The standard InChI is InChI=1S/C13H14BrF4NO3/c1-11(2,3)22-10(20)19-8-5-4-6-9(7-8)21-13(17,18)12(14,15)16/h4-7H,1-3H3,(H,19,20). The van der Waals surface area contributed by atoms with Crippen molar-refractivity contribution in [3.8, 4) is 5.75 Å². The molecule has 0 aliphatic heterocycles. The molecule has 1 amide bonds. The van der Waals surface area contributed by atoms with Crippen molar-refractivity contribution in [2.45, 2.75) is 37.3 Å². The van der Waals surface area contributed by atoms with Crippen molar-refractivity contribution in [2.24, 2.45) is 0 Å². The Labute approximate surface area is 132 Å². The predicted molar refractivity (Wildman–Crippen MR) is 75.7 cm³/mol. The summed E-state index contributed by atoms with van der Waals surface area (Å²) in [5.41, 5.74) is -0.691. The van der Waals surface area contributed by atoms with Gasteiger partial charge in [-0.3, -0.25) is 5.32 Å². The van der Waals surface area contributed by atoms with Gasteiger partial charge in [0, 0.05) is 27.7 Å². The molecule has 4 nitrogen and oxygen atoms in total. The van der Waals surface area contributed by atoms with E-state index < -0.39 is 28.4 Å². The average Bonchev–Trinajstić information content (AvgIpc) is 2.23. The molecule has 1 N–H and O–H groups in total. The van der Waals surface area contributed by atoms with E-state index in [2.05, 4.69) is 10.1 Å². The SMILES string of the molecule is CC(C)(C)OC(=O)Nc1cccc(OC(F)(F)C(F)(F)Br)c1. The van der Waals surface area contributed by atoms with Crippen molar-refractivity contribution < 1.29 is 31.8 Å². The Morgan fingerprint density at radius 3 is 2.27 bits per heavy atom. The van der Waals surface area contributed by atoms with E-state index in [4.69, 9.17) is 4.74 Å².